The van der Waals surface area contributed by atoms with E-state index in [1.54, 1.807) is 24.3 Å². The summed E-state index contributed by atoms with van der Waals surface area (Å²) in [7, 11) is 2.99. The maximum atomic E-state index is 14.5. The second-order valence-corrected chi connectivity index (χ2v) is 7.90. The summed E-state index contributed by atoms with van der Waals surface area (Å²) in [5.74, 6) is -1.37. The number of rotatable bonds is 6. The van der Waals surface area contributed by atoms with Gasteiger partial charge in [-0.2, -0.15) is 5.10 Å². The number of hydrogen-bond donors (Lipinski definition) is 0. The highest BCUT2D eigenvalue weighted by molar-refractivity contribution is 6.04. The van der Waals surface area contributed by atoms with Crippen molar-refractivity contribution in [2.45, 2.75) is 12.5 Å². The topological polar surface area (TPSA) is 62.2 Å². The Morgan fingerprint density at radius 1 is 1.06 bits per heavy atom. The van der Waals surface area contributed by atoms with Crippen LogP contribution in [0.15, 0.2) is 77.9 Å². The molecule has 0 aromatic heterocycles. The molecule has 6 nitrogen and oxygen atoms in total. The molecule has 3 aromatic rings. The highest BCUT2D eigenvalue weighted by Crippen LogP contribution is 2.37. The summed E-state index contributed by atoms with van der Waals surface area (Å²) in [5.41, 5.74) is 1.57. The van der Waals surface area contributed by atoms with Crippen LogP contribution in [-0.2, 0) is 4.79 Å². The molecule has 1 atom stereocenters. The molecule has 1 heterocycles. The summed E-state index contributed by atoms with van der Waals surface area (Å²) in [4.78, 5) is 27.2. The second-order valence-electron chi connectivity index (χ2n) is 7.90. The number of hydrogen-bond acceptors (Lipinski definition) is 4. The molecule has 0 N–H and O–H groups in total. The van der Waals surface area contributed by atoms with Gasteiger partial charge in [0.2, 0.25) is 0 Å². The van der Waals surface area contributed by atoms with Crippen molar-refractivity contribution >= 4 is 17.5 Å². The number of halogens is 2. The van der Waals surface area contributed by atoms with E-state index in [1.165, 1.54) is 48.3 Å². The van der Waals surface area contributed by atoms with Crippen LogP contribution in [0.2, 0.25) is 0 Å². The number of methoxy groups -OCH3 is 1. The highest BCUT2D eigenvalue weighted by atomic mass is 19.1. The highest BCUT2D eigenvalue weighted by Gasteiger charge is 2.36. The largest absolute Gasteiger partial charge is 0.496 e. The van der Waals surface area contributed by atoms with Gasteiger partial charge in [0.05, 0.1) is 18.9 Å². The van der Waals surface area contributed by atoms with Gasteiger partial charge in [-0.25, -0.2) is 13.8 Å². The van der Waals surface area contributed by atoms with E-state index >= 15 is 0 Å². The minimum atomic E-state index is -0.545. The van der Waals surface area contributed by atoms with E-state index in [0.717, 1.165) is 6.07 Å². The number of nitrogens with zero attached hydrogens (tertiary/aromatic N) is 3. The van der Waals surface area contributed by atoms with Gasteiger partial charge in [0.1, 0.15) is 23.9 Å². The Bertz CT molecular complexity index is 1260. The summed E-state index contributed by atoms with van der Waals surface area (Å²) >= 11 is 0. The maximum absolute atomic E-state index is 14.5. The Morgan fingerprint density at radius 2 is 1.79 bits per heavy atom. The van der Waals surface area contributed by atoms with Crippen LogP contribution in [0.1, 0.15) is 33.9 Å². The lowest BCUT2D eigenvalue weighted by atomic mass is 9.97. The standard InChI is InChI=1S/C26H23F2N3O3/c1-30(26(33)17-8-7-9-18(27)14-17)16-25(32)31-23(20-11-4-6-13-24(20)34-2)15-22(29-31)19-10-3-5-12-21(19)28/h3-14,23H,15-16H2,1-2H3. The number of likely N-dealkylation sites (N-methyl/N-ethyl adjacent to an activating group) is 1. The SMILES string of the molecule is COc1ccccc1C1CC(c2ccccc2F)=NN1C(=O)CN(C)C(=O)c1cccc(F)c1. The van der Waals surface area contributed by atoms with Gasteiger partial charge >= 0.3 is 0 Å². The third-order valence-electron chi connectivity index (χ3n) is 5.64. The first-order valence-corrected chi connectivity index (χ1v) is 10.7. The van der Waals surface area contributed by atoms with E-state index in [0.29, 0.717) is 22.6 Å². The van der Waals surface area contributed by atoms with Crippen LogP contribution in [0.3, 0.4) is 0 Å². The van der Waals surface area contributed by atoms with Crippen LogP contribution < -0.4 is 4.74 Å². The van der Waals surface area contributed by atoms with E-state index in [4.69, 9.17) is 4.74 Å². The molecule has 174 valence electrons. The molecule has 1 aliphatic rings. The van der Waals surface area contributed by atoms with Crippen molar-refractivity contribution in [2.75, 3.05) is 20.7 Å². The van der Waals surface area contributed by atoms with Crippen molar-refractivity contribution in [3.63, 3.8) is 0 Å². The molecule has 1 aliphatic heterocycles. The minimum absolute atomic E-state index is 0.133. The maximum Gasteiger partial charge on any atom is 0.262 e. The Hall–Kier alpha value is -4.07. The zero-order valence-corrected chi connectivity index (χ0v) is 18.7. The molecule has 0 bridgehead atoms. The van der Waals surface area contributed by atoms with Crippen LogP contribution in [0.4, 0.5) is 8.78 Å². The molecule has 34 heavy (non-hydrogen) atoms. The number of carbonyl (C=O) groups excluding carboxylic acids is 2. The van der Waals surface area contributed by atoms with Crippen molar-refractivity contribution in [3.05, 3.63) is 101 Å². The molecule has 4 rings (SSSR count). The Morgan fingerprint density at radius 3 is 2.53 bits per heavy atom. The van der Waals surface area contributed by atoms with Crippen LogP contribution >= 0.6 is 0 Å². The number of benzene rings is 3. The van der Waals surface area contributed by atoms with E-state index in [2.05, 4.69) is 5.10 Å². The van der Waals surface area contributed by atoms with Gasteiger partial charge in [-0.05, 0) is 30.3 Å². The van der Waals surface area contributed by atoms with E-state index in [1.807, 2.05) is 18.2 Å². The summed E-state index contributed by atoms with van der Waals surface area (Å²) < 4.78 is 33.5. The van der Waals surface area contributed by atoms with Gasteiger partial charge in [-0.3, -0.25) is 9.59 Å². The number of amides is 2. The van der Waals surface area contributed by atoms with E-state index in [-0.39, 0.29) is 18.5 Å². The van der Waals surface area contributed by atoms with Crippen LogP contribution in [0, 0.1) is 11.6 Å². The number of hydrazone groups is 1. The van der Waals surface area contributed by atoms with Crippen LogP contribution in [0.5, 0.6) is 5.75 Å². The van der Waals surface area contributed by atoms with E-state index in [9.17, 15) is 18.4 Å². The van der Waals surface area contributed by atoms with Crippen molar-refractivity contribution in [1.82, 2.24) is 9.91 Å². The van der Waals surface area contributed by atoms with Gasteiger partial charge < -0.3 is 9.64 Å². The molecule has 3 aromatic carbocycles. The molecule has 0 radical (unpaired) electrons. The van der Waals surface area contributed by atoms with Gasteiger partial charge in [0.15, 0.2) is 0 Å². The van der Waals surface area contributed by atoms with Gasteiger partial charge in [-0.1, -0.05) is 42.5 Å². The Labute approximate surface area is 196 Å². The molecule has 0 saturated heterocycles. The molecule has 0 saturated carbocycles. The summed E-state index contributed by atoms with van der Waals surface area (Å²) in [6.45, 7) is -0.297. The molecule has 8 heteroatoms. The fraction of sp³-hybridized carbons (Fsp3) is 0.192. The van der Waals surface area contributed by atoms with Crippen molar-refractivity contribution in [2.24, 2.45) is 5.10 Å². The summed E-state index contributed by atoms with van der Waals surface area (Å²) in [6, 6.07) is 18.2. The Balaban J connectivity index is 1.64. The average Bonchev–Trinajstić information content (AvgIpc) is 3.29. The minimum Gasteiger partial charge on any atom is -0.496 e. The first-order valence-electron chi connectivity index (χ1n) is 10.7. The number of para-hydroxylation sites is 1. The molecular weight excluding hydrogens is 440 g/mol. The number of carbonyl (C=O) groups is 2. The van der Waals surface area contributed by atoms with Gasteiger partial charge in [0, 0.05) is 30.2 Å². The van der Waals surface area contributed by atoms with Crippen molar-refractivity contribution in [1.29, 1.82) is 0 Å². The van der Waals surface area contributed by atoms with Crippen LogP contribution in [0.25, 0.3) is 0 Å². The summed E-state index contributed by atoms with van der Waals surface area (Å²) in [5, 5.41) is 5.73. The van der Waals surface area contributed by atoms with Gasteiger partial charge in [-0.15, -0.1) is 0 Å². The molecule has 0 aliphatic carbocycles. The predicted molar refractivity (Wildman–Crippen MR) is 123 cm³/mol. The molecule has 1 unspecified atom stereocenters. The summed E-state index contributed by atoms with van der Waals surface area (Å²) in [6.07, 6.45) is 0.272. The lowest BCUT2D eigenvalue weighted by Crippen LogP contribution is -2.39. The zero-order valence-electron chi connectivity index (χ0n) is 18.7. The zero-order chi connectivity index (χ0) is 24.2. The molecule has 2 amide bonds. The molecular formula is C26H23F2N3O3. The first-order chi connectivity index (χ1) is 16.4. The Kier molecular flexibility index (Phi) is 6.67. The average molecular weight is 463 g/mol. The van der Waals surface area contributed by atoms with E-state index < -0.39 is 29.5 Å². The lowest BCUT2D eigenvalue weighted by molar-refractivity contribution is -0.133. The smallest absolute Gasteiger partial charge is 0.262 e. The fourth-order valence-corrected chi connectivity index (χ4v) is 3.97. The van der Waals surface area contributed by atoms with Crippen LogP contribution in [-0.4, -0.2) is 48.1 Å². The normalized spacial score (nSPS) is 15.1. The molecule has 0 spiro atoms. The number of ether oxygens (including phenoxy) is 1. The first kappa shape index (κ1) is 23.1. The van der Waals surface area contributed by atoms with Gasteiger partial charge in [0.25, 0.3) is 11.8 Å². The second kappa shape index (κ2) is 9.82. The van der Waals surface area contributed by atoms with Crippen molar-refractivity contribution < 1.29 is 23.1 Å². The monoisotopic (exact) mass is 463 g/mol. The quantitative estimate of drug-likeness (QED) is 0.544. The third-order valence-corrected chi connectivity index (χ3v) is 5.64. The lowest BCUT2D eigenvalue weighted by Gasteiger charge is -2.26. The predicted octanol–water partition coefficient (Wildman–Crippen LogP) is 4.42. The fourth-order valence-electron chi connectivity index (χ4n) is 3.97. The molecule has 0 fully saturated rings. The van der Waals surface area contributed by atoms with Crippen molar-refractivity contribution in [3.8, 4) is 5.75 Å². The third kappa shape index (κ3) is 4.66.